The molecule has 0 saturated carbocycles. The number of methoxy groups -OCH3 is 1. The van der Waals surface area contributed by atoms with Crippen molar-refractivity contribution in [2.24, 2.45) is 5.41 Å². The second-order valence-corrected chi connectivity index (χ2v) is 12.5. The van der Waals surface area contributed by atoms with E-state index in [0.717, 1.165) is 24.3 Å². The average molecular weight is 555 g/mol. The first-order chi connectivity index (χ1) is 17.6. The van der Waals surface area contributed by atoms with Gasteiger partial charge in [-0.05, 0) is 60.2 Å². The van der Waals surface area contributed by atoms with Gasteiger partial charge in [0, 0.05) is 32.1 Å². The molecule has 1 aliphatic rings. The standard InChI is InChI=1S/C27H33F3N2O5S/c1-26(2,3)16-24(33)31-15-5-6-22(18-31)32(17-19-7-9-20(10-8-19)25(34)37-4)38(35,36)23-13-11-21(12-14-23)27(28,29)30/h7-14,22H,5-6,15-18H2,1-4H3. The highest BCUT2D eigenvalue weighted by Gasteiger charge is 2.37. The maximum atomic E-state index is 13.8. The number of esters is 1. The molecule has 0 aliphatic carbocycles. The number of alkyl halides is 3. The molecule has 38 heavy (non-hydrogen) atoms. The van der Waals surface area contributed by atoms with Crippen LogP contribution in [0.5, 0.6) is 0 Å². The molecule has 1 atom stereocenters. The van der Waals surface area contributed by atoms with Gasteiger partial charge < -0.3 is 9.64 Å². The lowest BCUT2D eigenvalue weighted by atomic mass is 9.91. The smallest absolute Gasteiger partial charge is 0.416 e. The predicted octanol–water partition coefficient (Wildman–Crippen LogP) is 5.11. The van der Waals surface area contributed by atoms with Crippen LogP contribution in [0.25, 0.3) is 0 Å². The molecule has 1 unspecified atom stereocenters. The highest BCUT2D eigenvalue weighted by Crippen LogP contribution is 2.32. The minimum absolute atomic E-state index is 0.0727. The van der Waals surface area contributed by atoms with Crippen molar-refractivity contribution in [1.29, 1.82) is 0 Å². The number of ether oxygens (including phenoxy) is 1. The molecule has 0 radical (unpaired) electrons. The van der Waals surface area contributed by atoms with Crippen LogP contribution >= 0.6 is 0 Å². The lowest BCUT2D eigenvalue weighted by Crippen LogP contribution is -2.51. The number of sulfonamides is 1. The summed E-state index contributed by atoms with van der Waals surface area (Å²) < 4.78 is 72.8. The van der Waals surface area contributed by atoms with Crippen molar-refractivity contribution >= 4 is 21.9 Å². The summed E-state index contributed by atoms with van der Waals surface area (Å²) in [5.74, 6) is -0.609. The summed E-state index contributed by atoms with van der Waals surface area (Å²) in [6.07, 6.45) is -3.22. The Morgan fingerprint density at radius 2 is 1.63 bits per heavy atom. The molecule has 7 nitrogen and oxygen atoms in total. The zero-order valence-corrected chi connectivity index (χ0v) is 22.7. The Balaban J connectivity index is 1.95. The van der Waals surface area contributed by atoms with Gasteiger partial charge in [-0.15, -0.1) is 0 Å². The van der Waals surface area contributed by atoms with Crippen molar-refractivity contribution in [3.63, 3.8) is 0 Å². The number of piperidine rings is 1. The summed E-state index contributed by atoms with van der Waals surface area (Å²) >= 11 is 0. The summed E-state index contributed by atoms with van der Waals surface area (Å²) in [6.45, 7) is 6.45. The second-order valence-electron chi connectivity index (χ2n) is 10.6. The molecule has 11 heteroatoms. The Kier molecular flexibility index (Phi) is 8.93. The lowest BCUT2D eigenvalue weighted by molar-refractivity contribution is -0.137. The van der Waals surface area contributed by atoms with Crippen molar-refractivity contribution < 1.29 is 35.9 Å². The van der Waals surface area contributed by atoms with Crippen LogP contribution in [-0.4, -0.2) is 55.7 Å². The Bertz CT molecular complexity index is 1240. The van der Waals surface area contributed by atoms with Crippen molar-refractivity contribution in [2.75, 3.05) is 20.2 Å². The zero-order valence-electron chi connectivity index (χ0n) is 21.9. The van der Waals surface area contributed by atoms with Gasteiger partial charge in [-0.3, -0.25) is 4.79 Å². The molecule has 1 heterocycles. The molecule has 1 aliphatic heterocycles. The number of rotatable bonds is 7. The number of hydrogen-bond donors (Lipinski definition) is 0. The van der Waals surface area contributed by atoms with E-state index in [1.165, 1.54) is 23.5 Å². The SMILES string of the molecule is COC(=O)c1ccc(CN(C2CCCN(C(=O)CC(C)(C)C)C2)S(=O)(=O)c2ccc(C(F)(F)F)cc2)cc1. The normalized spacial score (nSPS) is 16.9. The first-order valence-electron chi connectivity index (χ1n) is 12.3. The molecule has 0 bridgehead atoms. The van der Waals surface area contributed by atoms with Crippen LogP contribution in [0.15, 0.2) is 53.4 Å². The number of hydrogen-bond acceptors (Lipinski definition) is 5. The quantitative estimate of drug-likeness (QED) is 0.444. The molecule has 3 rings (SSSR count). The molecule has 1 amide bonds. The number of halogens is 3. The van der Waals surface area contributed by atoms with Gasteiger partial charge in [0.15, 0.2) is 0 Å². The topological polar surface area (TPSA) is 84.0 Å². The second kappa shape index (κ2) is 11.4. The molecule has 208 valence electrons. The minimum atomic E-state index is -4.60. The molecular formula is C27H33F3N2O5S. The Morgan fingerprint density at radius 1 is 1.03 bits per heavy atom. The first-order valence-corrected chi connectivity index (χ1v) is 13.7. The van der Waals surface area contributed by atoms with Gasteiger partial charge in [0.05, 0.1) is 23.1 Å². The highest BCUT2D eigenvalue weighted by molar-refractivity contribution is 7.89. The molecular weight excluding hydrogens is 521 g/mol. The maximum absolute atomic E-state index is 13.8. The zero-order chi connectivity index (χ0) is 28.3. The summed E-state index contributed by atoms with van der Waals surface area (Å²) in [7, 11) is -2.99. The van der Waals surface area contributed by atoms with E-state index in [9.17, 15) is 31.2 Å². The number of likely N-dealkylation sites (tertiary alicyclic amines) is 1. The van der Waals surface area contributed by atoms with E-state index < -0.39 is 33.8 Å². The number of carbonyl (C=O) groups is 2. The van der Waals surface area contributed by atoms with Gasteiger partial charge in [-0.1, -0.05) is 32.9 Å². The van der Waals surface area contributed by atoms with Gasteiger partial charge >= 0.3 is 12.1 Å². The van der Waals surface area contributed by atoms with Crippen LogP contribution in [-0.2, 0) is 32.3 Å². The third-order valence-electron chi connectivity index (χ3n) is 6.34. The van der Waals surface area contributed by atoms with Gasteiger partial charge in [-0.2, -0.15) is 17.5 Å². The summed E-state index contributed by atoms with van der Waals surface area (Å²) in [5.41, 5.74) is -0.313. The Morgan fingerprint density at radius 3 is 2.16 bits per heavy atom. The van der Waals surface area contributed by atoms with E-state index >= 15 is 0 Å². The molecule has 1 saturated heterocycles. The van der Waals surface area contributed by atoms with Crippen molar-refractivity contribution in [3.05, 3.63) is 65.2 Å². The lowest BCUT2D eigenvalue weighted by Gasteiger charge is -2.39. The van der Waals surface area contributed by atoms with Crippen LogP contribution in [0.3, 0.4) is 0 Å². The molecule has 2 aromatic carbocycles. The van der Waals surface area contributed by atoms with Gasteiger partial charge in [0.1, 0.15) is 0 Å². The number of amides is 1. The van der Waals surface area contributed by atoms with E-state index in [0.29, 0.717) is 36.9 Å². The van der Waals surface area contributed by atoms with Crippen LogP contribution in [0.4, 0.5) is 13.2 Å². The van der Waals surface area contributed by atoms with E-state index in [2.05, 4.69) is 0 Å². The molecule has 1 fully saturated rings. The van der Waals surface area contributed by atoms with Gasteiger partial charge in [0.25, 0.3) is 0 Å². The van der Waals surface area contributed by atoms with E-state index in [-0.39, 0.29) is 29.3 Å². The number of carbonyl (C=O) groups excluding carboxylic acids is 2. The van der Waals surface area contributed by atoms with Crippen LogP contribution in [0.2, 0.25) is 0 Å². The first kappa shape index (κ1) is 29.6. The molecule has 2 aromatic rings. The largest absolute Gasteiger partial charge is 0.465 e. The minimum Gasteiger partial charge on any atom is -0.465 e. The fourth-order valence-corrected chi connectivity index (χ4v) is 6.02. The fourth-order valence-electron chi connectivity index (χ4n) is 4.39. The average Bonchev–Trinajstić information content (AvgIpc) is 2.85. The van der Waals surface area contributed by atoms with E-state index in [1.807, 2.05) is 20.8 Å². The monoisotopic (exact) mass is 554 g/mol. The van der Waals surface area contributed by atoms with E-state index in [4.69, 9.17) is 4.74 Å². The number of benzene rings is 2. The third kappa shape index (κ3) is 7.35. The summed E-state index contributed by atoms with van der Waals surface area (Å²) in [6, 6.07) is 9.06. The van der Waals surface area contributed by atoms with Crippen molar-refractivity contribution in [2.45, 2.75) is 63.7 Å². The third-order valence-corrected chi connectivity index (χ3v) is 8.25. The highest BCUT2D eigenvalue weighted by atomic mass is 32.2. The van der Waals surface area contributed by atoms with Crippen LogP contribution in [0, 0.1) is 5.41 Å². The molecule has 0 N–H and O–H groups in total. The van der Waals surface area contributed by atoms with Gasteiger partial charge in [0.2, 0.25) is 15.9 Å². The van der Waals surface area contributed by atoms with Gasteiger partial charge in [-0.25, -0.2) is 13.2 Å². The predicted molar refractivity (Wildman–Crippen MR) is 136 cm³/mol. The molecule has 0 aromatic heterocycles. The van der Waals surface area contributed by atoms with Crippen LogP contribution in [0.1, 0.15) is 61.5 Å². The van der Waals surface area contributed by atoms with Crippen LogP contribution < -0.4 is 0 Å². The maximum Gasteiger partial charge on any atom is 0.416 e. The van der Waals surface area contributed by atoms with E-state index in [1.54, 1.807) is 17.0 Å². The van der Waals surface area contributed by atoms with Crippen molar-refractivity contribution in [3.8, 4) is 0 Å². The summed E-state index contributed by atoms with van der Waals surface area (Å²) in [5, 5.41) is 0. The summed E-state index contributed by atoms with van der Waals surface area (Å²) in [4.78, 5) is 26.1. The Hall–Kier alpha value is -2.92. The Labute approximate surface area is 221 Å². The molecule has 0 spiro atoms. The fraction of sp³-hybridized carbons (Fsp3) is 0.481. The van der Waals surface area contributed by atoms with Crippen molar-refractivity contribution in [1.82, 2.24) is 9.21 Å². The number of nitrogens with zero attached hydrogens (tertiary/aromatic N) is 2.